The number of nitrogens with zero attached hydrogens (tertiary/aromatic N) is 1. The molecular weight excluding hydrogens is 261 g/mol. The molecule has 102 valence electrons. The van der Waals surface area contributed by atoms with E-state index in [-0.39, 0.29) is 12.1 Å². The highest BCUT2D eigenvalue weighted by Crippen LogP contribution is 2.33. The average Bonchev–Trinajstić information content (AvgIpc) is 2.25. The molecule has 1 rings (SSSR count). The van der Waals surface area contributed by atoms with E-state index in [1.165, 1.54) is 12.1 Å². The second-order valence-corrected chi connectivity index (χ2v) is 4.01. The molecule has 1 unspecified atom stereocenters. The first-order valence-electron chi connectivity index (χ1n) is 5.33. The molecule has 0 aliphatic carbocycles. The first kappa shape index (κ1) is 14.8. The molecule has 7 heteroatoms. The van der Waals surface area contributed by atoms with Crippen molar-refractivity contribution in [1.82, 2.24) is 0 Å². The number of hydrogen-bond donors (Lipinski definition) is 2. The number of rotatable bonds is 4. The Morgan fingerprint density at radius 2 is 2.16 bits per heavy atom. The Kier molecular flexibility index (Phi) is 4.38. The zero-order valence-electron chi connectivity index (χ0n) is 9.95. The van der Waals surface area contributed by atoms with Crippen LogP contribution in [0.1, 0.15) is 24.5 Å². The summed E-state index contributed by atoms with van der Waals surface area (Å²) in [5.41, 5.74) is -1.23. The largest absolute Gasteiger partial charge is 0.481 e. The van der Waals surface area contributed by atoms with Gasteiger partial charge in [0, 0.05) is 11.7 Å². The van der Waals surface area contributed by atoms with E-state index in [0.29, 0.717) is 0 Å². The lowest BCUT2D eigenvalue weighted by Gasteiger charge is -2.15. The molecule has 0 aromatic heterocycles. The van der Waals surface area contributed by atoms with Crippen LogP contribution in [0.3, 0.4) is 0 Å². The van der Waals surface area contributed by atoms with Crippen LogP contribution in [0.2, 0.25) is 0 Å². The molecule has 0 aliphatic heterocycles. The first-order valence-corrected chi connectivity index (χ1v) is 5.33. The lowest BCUT2D eigenvalue weighted by atomic mass is 10.1. The third-order valence-corrected chi connectivity index (χ3v) is 2.34. The van der Waals surface area contributed by atoms with Crippen LogP contribution in [0, 0.1) is 11.3 Å². The van der Waals surface area contributed by atoms with E-state index in [1.54, 1.807) is 6.92 Å². The van der Waals surface area contributed by atoms with Gasteiger partial charge in [0.25, 0.3) is 0 Å². The molecule has 0 saturated heterocycles. The quantitative estimate of drug-likeness (QED) is 0.883. The first-order chi connectivity index (χ1) is 8.74. The Bertz CT molecular complexity index is 521. The van der Waals surface area contributed by atoms with Crippen molar-refractivity contribution >= 4 is 11.7 Å². The van der Waals surface area contributed by atoms with E-state index >= 15 is 0 Å². The zero-order valence-corrected chi connectivity index (χ0v) is 9.95. The van der Waals surface area contributed by atoms with Gasteiger partial charge in [-0.2, -0.15) is 18.4 Å². The summed E-state index contributed by atoms with van der Waals surface area (Å²) in [5.74, 6) is -1.02. The van der Waals surface area contributed by atoms with Crippen LogP contribution in [0.5, 0.6) is 0 Å². The fourth-order valence-electron chi connectivity index (χ4n) is 1.57. The van der Waals surface area contributed by atoms with Gasteiger partial charge in [0.05, 0.1) is 23.6 Å². The highest BCUT2D eigenvalue weighted by atomic mass is 19.4. The van der Waals surface area contributed by atoms with E-state index in [0.717, 1.165) is 12.1 Å². The Balaban J connectivity index is 2.96. The van der Waals surface area contributed by atoms with Crippen LogP contribution in [0.15, 0.2) is 18.2 Å². The smallest absolute Gasteiger partial charge is 0.417 e. The van der Waals surface area contributed by atoms with Crippen molar-refractivity contribution in [2.75, 3.05) is 5.32 Å². The fraction of sp³-hybridized carbons (Fsp3) is 0.333. The number of anilines is 1. The van der Waals surface area contributed by atoms with Crippen molar-refractivity contribution in [3.8, 4) is 6.07 Å². The molecule has 0 spiro atoms. The van der Waals surface area contributed by atoms with Crippen LogP contribution >= 0.6 is 0 Å². The molecule has 1 atom stereocenters. The predicted molar refractivity (Wildman–Crippen MR) is 61.5 cm³/mol. The van der Waals surface area contributed by atoms with E-state index in [2.05, 4.69) is 5.32 Å². The summed E-state index contributed by atoms with van der Waals surface area (Å²) in [6.45, 7) is 1.58. The van der Waals surface area contributed by atoms with Crippen LogP contribution in [0.25, 0.3) is 0 Å². The maximum absolute atomic E-state index is 12.6. The number of nitrogens with one attached hydrogen (secondary N) is 1. The number of hydrogen-bond acceptors (Lipinski definition) is 3. The van der Waals surface area contributed by atoms with Gasteiger partial charge in [-0.05, 0) is 25.1 Å². The van der Waals surface area contributed by atoms with Crippen LogP contribution in [-0.2, 0) is 11.0 Å². The number of alkyl halides is 3. The molecular formula is C12H11F3N2O2. The monoisotopic (exact) mass is 272 g/mol. The second-order valence-electron chi connectivity index (χ2n) is 4.01. The second kappa shape index (κ2) is 5.61. The minimum absolute atomic E-state index is 0.178. The molecule has 0 amide bonds. The molecule has 4 nitrogen and oxygen atoms in total. The van der Waals surface area contributed by atoms with Gasteiger partial charge in [-0.15, -0.1) is 0 Å². The zero-order chi connectivity index (χ0) is 14.6. The number of benzene rings is 1. The summed E-state index contributed by atoms with van der Waals surface area (Å²) in [4.78, 5) is 10.5. The molecule has 0 saturated carbocycles. The summed E-state index contributed by atoms with van der Waals surface area (Å²) in [5, 5.41) is 20.0. The van der Waals surface area contributed by atoms with Crippen molar-refractivity contribution in [2.45, 2.75) is 25.6 Å². The molecule has 0 aliphatic rings. The van der Waals surface area contributed by atoms with Gasteiger partial charge in [0.2, 0.25) is 0 Å². The third kappa shape index (κ3) is 4.17. The van der Waals surface area contributed by atoms with Crippen molar-refractivity contribution in [2.24, 2.45) is 0 Å². The minimum Gasteiger partial charge on any atom is -0.481 e. The van der Waals surface area contributed by atoms with Gasteiger partial charge in [-0.1, -0.05) is 0 Å². The van der Waals surface area contributed by atoms with Gasteiger partial charge < -0.3 is 10.4 Å². The Morgan fingerprint density at radius 1 is 1.53 bits per heavy atom. The van der Waals surface area contributed by atoms with E-state index in [4.69, 9.17) is 10.4 Å². The lowest BCUT2D eigenvalue weighted by molar-refractivity contribution is -0.138. The maximum Gasteiger partial charge on any atom is 0.417 e. The van der Waals surface area contributed by atoms with Gasteiger partial charge in [0.1, 0.15) is 0 Å². The normalized spacial score (nSPS) is 12.6. The topological polar surface area (TPSA) is 73.1 Å². The molecule has 2 N–H and O–H groups in total. The SMILES string of the molecule is CC(CC(=O)O)Nc1ccc(C(F)(F)F)c(C#N)c1. The molecule has 0 radical (unpaired) electrons. The molecule has 0 heterocycles. The Labute approximate surface area is 107 Å². The summed E-state index contributed by atoms with van der Waals surface area (Å²) >= 11 is 0. The Morgan fingerprint density at radius 3 is 2.63 bits per heavy atom. The number of carbonyl (C=O) groups is 1. The predicted octanol–water partition coefficient (Wildman–Crippen LogP) is 2.85. The fourth-order valence-corrected chi connectivity index (χ4v) is 1.57. The standard InChI is InChI=1S/C12H11F3N2O2/c1-7(4-11(18)19)17-9-2-3-10(12(13,14)15)8(5-9)6-16/h2-3,5,7,17H,4H2,1H3,(H,18,19). The van der Waals surface area contributed by atoms with Crippen LogP contribution in [-0.4, -0.2) is 17.1 Å². The minimum atomic E-state index is -4.59. The number of nitriles is 1. The number of carboxylic acid groups (broad SMARTS) is 1. The highest BCUT2D eigenvalue weighted by Gasteiger charge is 2.33. The van der Waals surface area contributed by atoms with Crippen molar-refractivity contribution in [1.29, 1.82) is 5.26 Å². The molecule has 1 aromatic rings. The molecule has 0 bridgehead atoms. The summed E-state index contributed by atoms with van der Waals surface area (Å²) in [6, 6.07) is 4.05. The number of halogens is 3. The van der Waals surface area contributed by atoms with E-state index in [1.807, 2.05) is 0 Å². The van der Waals surface area contributed by atoms with Gasteiger partial charge >= 0.3 is 12.1 Å². The molecule has 0 fully saturated rings. The highest BCUT2D eigenvalue weighted by molar-refractivity contribution is 5.68. The van der Waals surface area contributed by atoms with Gasteiger partial charge in [-0.25, -0.2) is 0 Å². The van der Waals surface area contributed by atoms with Crippen molar-refractivity contribution in [3.63, 3.8) is 0 Å². The van der Waals surface area contributed by atoms with Crippen molar-refractivity contribution in [3.05, 3.63) is 29.3 Å². The van der Waals surface area contributed by atoms with Gasteiger partial charge in [-0.3, -0.25) is 4.79 Å². The summed E-state index contributed by atoms with van der Waals surface area (Å²) in [7, 11) is 0. The molecule has 1 aromatic carbocycles. The van der Waals surface area contributed by atoms with E-state index in [9.17, 15) is 18.0 Å². The Hall–Kier alpha value is -2.23. The maximum atomic E-state index is 12.6. The number of aliphatic carboxylic acids is 1. The van der Waals surface area contributed by atoms with Gasteiger partial charge in [0.15, 0.2) is 0 Å². The third-order valence-electron chi connectivity index (χ3n) is 2.34. The van der Waals surface area contributed by atoms with E-state index < -0.39 is 29.3 Å². The molecule has 19 heavy (non-hydrogen) atoms. The van der Waals surface area contributed by atoms with Crippen molar-refractivity contribution < 1.29 is 23.1 Å². The van der Waals surface area contributed by atoms with Crippen LogP contribution < -0.4 is 5.32 Å². The average molecular weight is 272 g/mol. The van der Waals surface area contributed by atoms with Crippen LogP contribution in [0.4, 0.5) is 18.9 Å². The number of carboxylic acids is 1. The lowest BCUT2D eigenvalue weighted by Crippen LogP contribution is -2.19. The summed E-state index contributed by atoms with van der Waals surface area (Å²) < 4.78 is 37.7. The summed E-state index contributed by atoms with van der Waals surface area (Å²) in [6.07, 6.45) is -4.76.